The Morgan fingerprint density at radius 1 is 1.10 bits per heavy atom. The maximum atomic E-state index is 5.64. The molecule has 2 rings (SSSR count). The first-order valence-corrected chi connectivity index (χ1v) is 6.81. The van der Waals surface area contributed by atoms with E-state index < -0.39 is 0 Å². The second kappa shape index (κ2) is 7.31. The SMILES string of the molecule is COCOc1ccc(OCOC)c(C2=CCC(C)C2)c1. The molecule has 0 heterocycles. The maximum Gasteiger partial charge on any atom is 0.188 e. The monoisotopic (exact) mass is 278 g/mol. The molecule has 1 aliphatic carbocycles. The third kappa shape index (κ3) is 3.74. The lowest BCUT2D eigenvalue weighted by atomic mass is 10.0. The number of benzene rings is 1. The summed E-state index contributed by atoms with van der Waals surface area (Å²) in [6, 6.07) is 5.81. The summed E-state index contributed by atoms with van der Waals surface area (Å²) >= 11 is 0. The Bertz CT molecular complexity index is 468. The van der Waals surface area contributed by atoms with E-state index >= 15 is 0 Å². The lowest BCUT2D eigenvalue weighted by Crippen LogP contribution is -2.03. The van der Waals surface area contributed by atoms with E-state index in [9.17, 15) is 0 Å². The molecule has 0 aromatic heterocycles. The minimum atomic E-state index is 0.243. The van der Waals surface area contributed by atoms with Gasteiger partial charge in [0, 0.05) is 19.8 Å². The van der Waals surface area contributed by atoms with Gasteiger partial charge in [0.05, 0.1) is 0 Å². The van der Waals surface area contributed by atoms with E-state index in [-0.39, 0.29) is 13.6 Å². The molecule has 1 aromatic rings. The van der Waals surface area contributed by atoms with Crippen molar-refractivity contribution in [2.75, 3.05) is 27.8 Å². The van der Waals surface area contributed by atoms with E-state index in [0.29, 0.717) is 5.92 Å². The fourth-order valence-corrected chi connectivity index (χ4v) is 2.33. The molecule has 0 N–H and O–H groups in total. The first-order valence-electron chi connectivity index (χ1n) is 6.81. The highest BCUT2D eigenvalue weighted by molar-refractivity contribution is 5.73. The van der Waals surface area contributed by atoms with Crippen molar-refractivity contribution in [2.45, 2.75) is 19.8 Å². The maximum absolute atomic E-state index is 5.64. The number of methoxy groups -OCH3 is 2. The minimum absolute atomic E-state index is 0.243. The number of hydrogen-bond donors (Lipinski definition) is 0. The predicted octanol–water partition coefficient (Wildman–Crippen LogP) is 3.47. The third-order valence-corrected chi connectivity index (χ3v) is 3.31. The Balaban J connectivity index is 2.22. The molecule has 0 radical (unpaired) electrons. The van der Waals surface area contributed by atoms with Crippen molar-refractivity contribution in [1.29, 1.82) is 0 Å². The zero-order valence-electron chi connectivity index (χ0n) is 12.3. The van der Waals surface area contributed by atoms with Crippen molar-refractivity contribution in [2.24, 2.45) is 5.92 Å². The predicted molar refractivity (Wildman–Crippen MR) is 77.8 cm³/mol. The van der Waals surface area contributed by atoms with Gasteiger partial charge in [0.2, 0.25) is 0 Å². The quantitative estimate of drug-likeness (QED) is 0.716. The van der Waals surface area contributed by atoms with Crippen LogP contribution in [0.25, 0.3) is 5.57 Å². The van der Waals surface area contributed by atoms with Gasteiger partial charge >= 0.3 is 0 Å². The van der Waals surface area contributed by atoms with Crippen LogP contribution in [0.5, 0.6) is 11.5 Å². The zero-order chi connectivity index (χ0) is 14.4. The fraction of sp³-hybridized carbons (Fsp3) is 0.500. The standard InChI is InChI=1S/C16H22O4/c1-12-4-5-13(8-12)15-9-14(19-10-17-2)6-7-16(15)20-11-18-3/h5-7,9,12H,4,8,10-11H2,1-3H3. The van der Waals surface area contributed by atoms with E-state index in [1.807, 2.05) is 18.2 Å². The van der Waals surface area contributed by atoms with Gasteiger partial charge in [0.25, 0.3) is 0 Å². The van der Waals surface area contributed by atoms with Crippen LogP contribution in [0.1, 0.15) is 25.3 Å². The van der Waals surface area contributed by atoms with Gasteiger partial charge in [-0.15, -0.1) is 0 Å². The number of rotatable bonds is 7. The molecular weight excluding hydrogens is 256 g/mol. The molecule has 0 aliphatic heterocycles. The largest absolute Gasteiger partial charge is 0.468 e. The van der Waals surface area contributed by atoms with Gasteiger partial charge in [0.1, 0.15) is 11.5 Å². The van der Waals surface area contributed by atoms with Crippen LogP contribution < -0.4 is 9.47 Å². The van der Waals surface area contributed by atoms with Crippen molar-refractivity contribution in [3.05, 3.63) is 29.8 Å². The van der Waals surface area contributed by atoms with Gasteiger partial charge in [-0.3, -0.25) is 0 Å². The molecule has 0 saturated heterocycles. The highest BCUT2D eigenvalue weighted by Crippen LogP contribution is 2.38. The van der Waals surface area contributed by atoms with E-state index in [2.05, 4.69) is 13.0 Å². The normalized spacial score (nSPS) is 17.9. The topological polar surface area (TPSA) is 36.9 Å². The Morgan fingerprint density at radius 2 is 1.85 bits per heavy atom. The molecule has 20 heavy (non-hydrogen) atoms. The summed E-state index contributed by atoms with van der Waals surface area (Å²) in [7, 11) is 3.23. The minimum Gasteiger partial charge on any atom is -0.468 e. The molecule has 1 unspecified atom stereocenters. The summed E-state index contributed by atoms with van der Waals surface area (Å²) in [5.41, 5.74) is 2.39. The molecule has 0 fully saturated rings. The summed E-state index contributed by atoms with van der Waals surface area (Å²) in [4.78, 5) is 0. The van der Waals surface area contributed by atoms with Crippen molar-refractivity contribution in [3.63, 3.8) is 0 Å². The summed E-state index contributed by atoms with van der Waals surface area (Å²) < 4.78 is 21.1. The molecular formula is C16H22O4. The van der Waals surface area contributed by atoms with E-state index in [0.717, 1.165) is 29.9 Å². The molecule has 1 aliphatic rings. The first-order chi connectivity index (χ1) is 9.74. The second-order valence-electron chi connectivity index (χ2n) is 5.03. The van der Waals surface area contributed by atoms with Gasteiger partial charge in [-0.25, -0.2) is 0 Å². The van der Waals surface area contributed by atoms with Crippen LogP contribution in [0.3, 0.4) is 0 Å². The van der Waals surface area contributed by atoms with Crippen LogP contribution in [-0.2, 0) is 9.47 Å². The highest BCUT2D eigenvalue weighted by Gasteiger charge is 2.18. The number of allylic oxidation sites excluding steroid dienone is 2. The van der Waals surface area contributed by atoms with Crippen molar-refractivity contribution in [1.82, 2.24) is 0 Å². The average Bonchev–Trinajstić information content (AvgIpc) is 2.89. The van der Waals surface area contributed by atoms with E-state index in [1.165, 1.54) is 5.57 Å². The molecule has 4 heteroatoms. The molecule has 4 nitrogen and oxygen atoms in total. The Labute approximate surface area is 120 Å². The van der Waals surface area contributed by atoms with Gasteiger partial charge in [0.15, 0.2) is 13.6 Å². The van der Waals surface area contributed by atoms with Gasteiger partial charge in [-0.1, -0.05) is 13.0 Å². The van der Waals surface area contributed by atoms with E-state index in [1.54, 1.807) is 14.2 Å². The molecule has 1 atom stereocenters. The number of ether oxygens (including phenoxy) is 4. The molecule has 0 amide bonds. The molecule has 110 valence electrons. The van der Waals surface area contributed by atoms with Crippen LogP contribution in [0.2, 0.25) is 0 Å². The summed E-state index contributed by atoms with van der Waals surface area (Å²) in [5, 5.41) is 0. The smallest absolute Gasteiger partial charge is 0.188 e. The highest BCUT2D eigenvalue weighted by atomic mass is 16.7. The Hall–Kier alpha value is -1.52. The molecule has 1 aromatic carbocycles. The van der Waals surface area contributed by atoms with Crippen LogP contribution in [0.15, 0.2) is 24.3 Å². The number of hydrogen-bond acceptors (Lipinski definition) is 4. The Morgan fingerprint density at radius 3 is 2.50 bits per heavy atom. The van der Waals surface area contributed by atoms with Crippen molar-refractivity contribution in [3.8, 4) is 11.5 Å². The van der Waals surface area contributed by atoms with Crippen LogP contribution in [-0.4, -0.2) is 27.8 Å². The molecule has 0 saturated carbocycles. The molecule has 0 spiro atoms. The van der Waals surface area contributed by atoms with Crippen LogP contribution >= 0.6 is 0 Å². The summed E-state index contributed by atoms with van der Waals surface area (Å²) in [5.74, 6) is 2.30. The Kier molecular flexibility index (Phi) is 5.44. The lowest BCUT2D eigenvalue weighted by Gasteiger charge is -2.14. The van der Waals surface area contributed by atoms with Gasteiger partial charge in [-0.2, -0.15) is 0 Å². The van der Waals surface area contributed by atoms with Crippen LogP contribution in [0.4, 0.5) is 0 Å². The first kappa shape index (κ1) is 14.9. The average molecular weight is 278 g/mol. The fourth-order valence-electron chi connectivity index (χ4n) is 2.33. The van der Waals surface area contributed by atoms with Gasteiger partial charge in [-0.05, 0) is 42.5 Å². The van der Waals surface area contributed by atoms with Crippen molar-refractivity contribution >= 4 is 5.57 Å². The second-order valence-corrected chi connectivity index (χ2v) is 5.03. The van der Waals surface area contributed by atoms with Crippen molar-refractivity contribution < 1.29 is 18.9 Å². The summed E-state index contributed by atoms with van der Waals surface area (Å²) in [6.07, 6.45) is 4.46. The third-order valence-electron chi connectivity index (χ3n) is 3.31. The zero-order valence-corrected chi connectivity index (χ0v) is 12.3. The lowest BCUT2D eigenvalue weighted by molar-refractivity contribution is 0.0482. The summed E-state index contributed by atoms with van der Waals surface area (Å²) in [6.45, 7) is 2.74. The van der Waals surface area contributed by atoms with Crippen LogP contribution in [0, 0.1) is 5.92 Å². The van der Waals surface area contributed by atoms with E-state index in [4.69, 9.17) is 18.9 Å². The molecule has 0 bridgehead atoms. The van der Waals surface area contributed by atoms with Gasteiger partial charge < -0.3 is 18.9 Å².